The van der Waals surface area contributed by atoms with Crippen molar-refractivity contribution in [2.75, 3.05) is 26.3 Å². The van der Waals surface area contributed by atoms with Crippen LogP contribution in [0.1, 0.15) is 79.6 Å². The second-order valence-corrected chi connectivity index (χ2v) is 8.13. The number of hydrogen-bond donors (Lipinski definition) is 3. The summed E-state index contributed by atoms with van der Waals surface area (Å²) in [4.78, 5) is 35.3. The van der Waals surface area contributed by atoms with Crippen LogP contribution in [0.5, 0.6) is 0 Å². The zero-order valence-electron chi connectivity index (χ0n) is 19.3. The smallest absolute Gasteiger partial charge is 0.407 e. The molecule has 9 heteroatoms. The Morgan fingerprint density at radius 2 is 1.40 bits per heavy atom. The lowest BCUT2D eigenvalue weighted by atomic mass is 10.1. The van der Waals surface area contributed by atoms with Gasteiger partial charge in [-0.15, -0.1) is 0 Å². The summed E-state index contributed by atoms with van der Waals surface area (Å²) in [6.45, 7) is 10.9. The summed E-state index contributed by atoms with van der Waals surface area (Å²) in [7, 11) is 0. The molecule has 0 aliphatic heterocycles. The maximum Gasteiger partial charge on any atom is 0.407 e. The Labute approximate surface area is 181 Å². The summed E-state index contributed by atoms with van der Waals surface area (Å²) in [6.07, 6.45) is 4.11. The fourth-order valence-electron chi connectivity index (χ4n) is 2.33. The Hall–Kier alpha value is -2.19. The number of alkyl carbamates (subject to hydrolysis) is 3. The van der Waals surface area contributed by atoms with E-state index in [9.17, 15) is 14.4 Å². The highest BCUT2D eigenvalue weighted by molar-refractivity contribution is 5.69. The zero-order chi connectivity index (χ0) is 22.8. The molecule has 0 unspecified atom stereocenters. The Kier molecular flexibility index (Phi) is 15.4. The van der Waals surface area contributed by atoms with E-state index in [4.69, 9.17) is 14.2 Å². The van der Waals surface area contributed by atoms with Crippen LogP contribution in [0.15, 0.2) is 0 Å². The summed E-state index contributed by atoms with van der Waals surface area (Å²) in [5.41, 5.74) is -0.533. The SMILES string of the molecule is CCCCOC(=O)NC[C@H](CCCCNC(=O)OC(C)(C)C)NC(=O)OCCCC. The molecule has 0 spiro atoms. The Bertz CT molecular complexity index is 494. The van der Waals surface area contributed by atoms with E-state index < -0.39 is 23.9 Å². The van der Waals surface area contributed by atoms with Crippen molar-refractivity contribution in [3.63, 3.8) is 0 Å². The topological polar surface area (TPSA) is 115 Å². The molecule has 0 rings (SSSR count). The number of nitrogens with one attached hydrogen (secondary N) is 3. The molecule has 176 valence electrons. The van der Waals surface area contributed by atoms with Gasteiger partial charge in [0, 0.05) is 19.1 Å². The minimum absolute atomic E-state index is 0.243. The van der Waals surface area contributed by atoms with Crippen molar-refractivity contribution in [1.29, 1.82) is 0 Å². The van der Waals surface area contributed by atoms with Gasteiger partial charge < -0.3 is 30.2 Å². The van der Waals surface area contributed by atoms with Gasteiger partial charge in [-0.1, -0.05) is 26.7 Å². The lowest BCUT2D eigenvalue weighted by Gasteiger charge is -2.20. The van der Waals surface area contributed by atoms with Crippen molar-refractivity contribution in [1.82, 2.24) is 16.0 Å². The van der Waals surface area contributed by atoms with E-state index in [1.165, 1.54) is 0 Å². The maximum absolute atomic E-state index is 11.9. The van der Waals surface area contributed by atoms with E-state index in [1.807, 2.05) is 34.6 Å². The summed E-state index contributed by atoms with van der Waals surface area (Å²) >= 11 is 0. The molecule has 3 N–H and O–H groups in total. The van der Waals surface area contributed by atoms with Crippen molar-refractivity contribution in [3.8, 4) is 0 Å². The number of rotatable bonds is 14. The second-order valence-electron chi connectivity index (χ2n) is 8.13. The molecule has 0 fully saturated rings. The minimum Gasteiger partial charge on any atom is -0.450 e. The van der Waals surface area contributed by atoms with Crippen LogP contribution in [0.2, 0.25) is 0 Å². The van der Waals surface area contributed by atoms with E-state index in [2.05, 4.69) is 16.0 Å². The number of ether oxygens (including phenoxy) is 3. The summed E-state index contributed by atoms with van der Waals surface area (Å²) in [5.74, 6) is 0. The molecule has 3 amide bonds. The Morgan fingerprint density at radius 1 is 0.800 bits per heavy atom. The van der Waals surface area contributed by atoms with E-state index in [1.54, 1.807) is 0 Å². The predicted octanol–water partition coefficient (Wildman–Crippen LogP) is 4.10. The molecule has 0 heterocycles. The largest absolute Gasteiger partial charge is 0.450 e. The average molecular weight is 432 g/mol. The highest BCUT2D eigenvalue weighted by atomic mass is 16.6. The number of amides is 3. The van der Waals surface area contributed by atoms with Crippen LogP contribution in [0, 0.1) is 0 Å². The molecule has 0 saturated carbocycles. The summed E-state index contributed by atoms with van der Waals surface area (Å²) in [6, 6.07) is -0.292. The van der Waals surface area contributed by atoms with Gasteiger partial charge in [0.15, 0.2) is 0 Å². The normalized spacial score (nSPS) is 11.9. The quantitative estimate of drug-likeness (QED) is 0.282. The fraction of sp³-hybridized carbons (Fsp3) is 0.857. The van der Waals surface area contributed by atoms with Crippen LogP contribution in [-0.4, -0.2) is 56.2 Å². The van der Waals surface area contributed by atoms with Gasteiger partial charge in [0.05, 0.1) is 13.2 Å². The average Bonchev–Trinajstić information content (AvgIpc) is 2.64. The molecule has 0 aromatic heterocycles. The first-order valence-corrected chi connectivity index (χ1v) is 11.0. The summed E-state index contributed by atoms with van der Waals surface area (Å²) < 4.78 is 15.4. The third kappa shape index (κ3) is 17.9. The fourth-order valence-corrected chi connectivity index (χ4v) is 2.33. The van der Waals surface area contributed by atoms with Gasteiger partial charge in [-0.05, 0) is 52.9 Å². The number of carbonyl (C=O) groups is 3. The van der Waals surface area contributed by atoms with Crippen LogP contribution in [0.25, 0.3) is 0 Å². The lowest BCUT2D eigenvalue weighted by Crippen LogP contribution is -2.44. The van der Waals surface area contributed by atoms with Crippen molar-refractivity contribution in [2.24, 2.45) is 0 Å². The Morgan fingerprint density at radius 3 is 1.97 bits per heavy atom. The van der Waals surface area contributed by atoms with Gasteiger partial charge >= 0.3 is 18.3 Å². The van der Waals surface area contributed by atoms with Gasteiger partial charge in [-0.2, -0.15) is 0 Å². The highest BCUT2D eigenvalue weighted by Gasteiger charge is 2.17. The first-order chi connectivity index (χ1) is 14.2. The van der Waals surface area contributed by atoms with E-state index >= 15 is 0 Å². The molecule has 0 saturated heterocycles. The predicted molar refractivity (Wildman–Crippen MR) is 116 cm³/mol. The maximum atomic E-state index is 11.9. The lowest BCUT2D eigenvalue weighted by molar-refractivity contribution is 0.0526. The van der Waals surface area contributed by atoms with Crippen molar-refractivity contribution < 1.29 is 28.6 Å². The third-order valence-corrected chi connectivity index (χ3v) is 3.92. The van der Waals surface area contributed by atoms with Gasteiger partial charge in [0.25, 0.3) is 0 Å². The number of hydrogen-bond acceptors (Lipinski definition) is 6. The number of carbonyl (C=O) groups excluding carboxylic acids is 3. The molecular weight excluding hydrogens is 390 g/mol. The van der Waals surface area contributed by atoms with Crippen molar-refractivity contribution in [3.05, 3.63) is 0 Å². The molecule has 0 aliphatic rings. The van der Waals surface area contributed by atoms with E-state index in [-0.39, 0.29) is 12.6 Å². The van der Waals surface area contributed by atoms with Crippen LogP contribution in [0.3, 0.4) is 0 Å². The summed E-state index contributed by atoms with van der Waals surface area (Å²) in [5, 5.41) is 8.17. The molecule has 9 nitrogen and oxygen atoms in total. The molecular formula is C21H41N3O6. The third-order valence-electron chi connectivity index (χ3n) is 3.92. The molecule has 30 heavy (non-hydrogen) atoms. The standard InChI is InChI=1S/C21H41N3O6/c1-6-8-14-28-18(25)23-16-17(24-20(27)29-15-9-7-2)12-10-11-13-22-19(26)30-21(3,4)5/h17H,6-16H2,1-5H3,(H,22,26)(H,23,25)(H,24,27)/t17-/m0/s1. The molecule has 0 aromatic rings. The van der Waals surface area contributed by atoms with E-state index in [0.717, 1.165) is 32.1 Å². The van der Waals surface area contributed by atoms with Crippen LogP contribution >= 0.6 is 0 Å². The van der Waals surface area contributed by atoms with Crippen LogP contribution in [0.4, 0.5) is 14.4 Å². The monoisotopic (exact) mass is 431 g/mol. The van der Waals surface area contributed by atoms with Gasteiger partial charge in [0.1, 0.15) is 5.60 Å². The zero-order valence-corrected chi connectivity index (χ0v) is 19.3. The van der Waals surface area contributed by atoms with Gasteiger partial charge in [0.2, 0.25) is 0 Å². The molecule has 0 bridgehead atoms. The first kappa shape index (κ1) is 27.8. The van der Waals surface area contributed by atoms with Gasteiger partial charge in [-0.25, -0.2) is 14.4 Å². The second kappa shape index (κ2) is 16.6. The highest BCUT2D eigenvalue weighted by Crippen LogP contribution is 2.07. The molecule has 0 aliphatic carbocycles. The van der Waals surface area contributed by atoms with Crippen LogP contribution < -0.4 is 16.0 Å². The first-order valence-electron chi connectivity index (χ1n) is 11.0. The van der Waals surface area contributed by atoms with Crippen LogP contribution in [-0.2, 0) is 14.2 Å². The Balaban J connectivity index is 4.31. The van der Waals surface area contributed by atoms with Crippen molar-refractivity contribution in [2.45, 2.75) is 91.2 Å². The van der Waals surface area contributed by atoms with Crippen molar-refractivity contribution >= 4 is 18.3 Å². The van der Waals surface area contributed by atoms with Gasteiger partial charge in [-0.3, -0.25) is 0 Å². The minimum atomic E-state index is -0.533. The number of unbranched alkanes of at least 4 members (excludes halogenated alkanes) is 3. The molecule has 0 aromatic carbocycles. The molecule has 1 atom stereocenters. The van der Waals surface area contributed by atoms with E-state index in [0.29, 0.717) is 32.6 Å². The molecule has 0 radical (unpaired) electrons.